The van der Waals surface area contributed by atoms with Crippen LogP contribution in [0.2, 0.25) is 0 Å². The van der Waals surface area contributed by atoms with Gasteiger partial charge in [-0.1, -0.05) is 32.9 Å². The summed E-state index contributed by atoms with van der Waals surface area (Å²) in [6.07, 6.45) is 2.93. The highest BCUT2D eigenvalue weighted by Gasteiger charge is 2.30. The quantitative estimate of drug-likeness (QED) is 0.405. The molecule has 1 aromatic carbocycles. The summed E-state index contributed by atoms with van der Waals surface area (Å²) >= 11 is 1.05. The molecule has 2 heterocycles. The molecule has 2 bridgehead atoms. The Bertz CT molecular complexity index is 753. The van der Waals surface area contributed by atoms with Gasteiger partial charge < -0.3 is 20.1 Å². The van der Waals surface area contributed by atoms with E-state index >= 15 is 0 Å². The van der Waals surface area contributed by atoms with Crippen LogP contribution in [0.1, 0.15) is 45.6 Å². The number of hydrogen-bond acceptors (Lipinski definition) is 5. The van der Waals surface area contributed by atoms with Gasteiger partial charge in [-0.3, -0.25) is 9.59 Å². The number of nitrogens with one attached hydrogen (secondary N) is 2. The van der Waals surface area contributed by atoms with Crippen LogP contribution in [0.3, 0.4) is 0 Å². The number of amides is 2. The van der Waals surface area contributed by atoms with Crippen LogP contribution in [-0.2, 0) is 37.3 Å². The number of fused-ring (bicyclic) bond motifs is 16. The van der Waals surface area contributed by atoms with Crippen LogP contribution in [0.4, 0.5) is 0 Å². The van der Waals surface area contributed by atoms with Gasteiger partial charge in [0.1, 0.15) is 23.3 Å². The topological polar surface area (TPSA) is 93.7 Å². The lowest BCUT2D eigenvalue weighted by Crippen LogP contribution is -2.54. The van der Waals surface area contributed by atoms with Crippen LogP contribution in [0.5, 0.6) is 5.75 Å². The molecule has 7 nitrogen and oxygen atoms in total. The van der Waals surface area contributed by atoms with Crippen LogP contribution in [-0.4, -0.2) is 55.1 Å². The molecule has 3 atom stereocenters. The van der Waals surface area contributed by atoms with Crippen molar-refractivity contribution in [2.24, 2.45) is 11.8 Å². The molecular formula is C24H37N2O5S+. The van der Waals surface area contributed by atoms with Crippen molar-refractivity contribution in [3.05, 3.63) is 29.8 Å². The lowest BCUT2D eigenvalue weighted by atomic mass is 9.98. The Hall–Kier alpha value is -2.22. The van der Waals surface area contributed by atoms with Crippen LogP contribution in [0.15, 0.2) is 24.3 Å². The highest BCUT2D eigenvalue weighted by molar-refractivity contribution is 7.78. The number of carbonyl (C=O) groups is 3. The van der Waals surface area contributed by atoms with E-state index in [4.69, 9.17) is 9.47 Å². The Kier molecular flexibility index (Phi) is 10.9. The summed E-state index contributed by atoms with van der Waals surface area (Å²) in [5.41, 5.74) is 1.03. The minimum atomic E-state index is -0.730. The summed E-state index contributed by atoms with van der Waals surface area (Å²) in [4.78, 5) is 38.1. The molecule has 0 radical (unpaired) electrons. The molecule has 32 heavy (non-hydrogen) atoms. The third-order valence-electron chi connectivity index (χ3n) is 5.35. The van der Waals surface area contributed by atoms with Crippen LogP contribution < -0.4 is 15.4 Å². The molecule has 3 rings (SSSR count). The van der Waals surface area contributed by atoms with E-state index in [-0.39, 0.29) is 23.7 Å². The summed E-state index contributed by atoms with van der Waals surface area (Å²) < 4.78 is 10.7. The second kappa shape index (κ2) is 13.4. The van der Waals surface area contributed by atoms with Crippen molar-refractivity contribution < 1.29 is 23.9 Å². The van der Waals surface area contributed by atoms with E-state index in [1.807, 2.05) is 45.0 Å². The first-order valence-corrected chi connectivity index (χ1v) is 12.6. The number of hydrogen-bond donors (Lipinski definition) is 2. The van der Waals surface area contributed by atoms with Crippen molar-refractivity contribution in [2.75, 3.05) is 25.2 Å². The van der Waals surface area contributed by atoms with E-state index in [0.717, 1.165) is 41.7 Å². The minimum Gasteiger partial charge on any atom is -0.494 e. The fraction of sp³-hybridized carbons (Fsp3) is 0.625. The predicted molar refractivity (Wildman–Crippen MR) is 128 cm³/mol. The first-order valence-electron chi connectivity index (χ1n) is 11.3. The Morgan fingerprint density at radius 2 is 1.88 bits per heavy atom. The van der Waals surface area contributed by atoms with E-state index in [0.29, 0.717) is 25.2 Å². The van der Waals surface area contributed by atoms with Gasteiger partial charge in [0.25, 0.3) is 0 Å². The minimum absolute atomic E-state index is 0.184. The molecule has 1 aromatic rings. The van der Waals surface area contributed by atoms with Crippen molar-refractivity contribution in [2.45, 2.75) is 58.5 Å². The van der Waals surface area contributed by atoms with E-state index < -0.39 is 18.1 Å². The predicted octanol–water partition coefficient (Wildman–Crippen LogP) is 2.04. The third-order valence-corrected chi connectivity index (χ3v) is 6.60. The molecule has 2 aliphatic rings. The summed E-state index contributed by atoms with van der Waals surface area (Å²) in [5, 5.41) is 5.71. The number of rotatable bonds is 3. The van der Waals surface area contributed by atoms with Crippen LogP contribution in [0, 0.1) is 11.8 Å². The van der Waals surface area contributed by atoms with Crippen molar-refractivity contribution >= 4 is 29.5 Å². The van der Waals surface area contributed by atoms with Gasteiger partial charge in [0.15, 0.2) is 6.04 Å². The molecule has 2 amide bonds. The van der Waals surface area contributed by atoms with Crippen molar-refractivity contribution in [1.29, 1.82) is 0 Å². The zero-order valence-corrected chi connectivity index (χ0v) is 20.5. The molecular weight excluding hydrogens is 428 g/mol. The molecule has 0 saturated carbocycles. The Morgan fingerprint density at radius 3 is 2.53 bits per heavy atom. The smallest absolute Gasteiger partial charge is 0.333 e. The maximum Gasteiger partial charge on any atom is 0.333 e. The van der Waals surface area contributed by atoms with Crippen molar-refractivity contribution in [1.82, 2.24) is 10.6 Å². The third kappa shape index (κ3) is 8.73. The van der Waals surface area contributed by atoms with E-state index in [9.17, 15) is 14.4 Å². The highest BCUT2D eigenvalue weighted by atomic mass is 32.2. The maximum atomic E-state index is 13.0. The SMILES string of the molecule is COC(=O)[C@@H]1C[SH+]CCCCOc2ccc(cc2)C[C@H](C)C(=O)N[C@@H](CC(C)C)C(=O)N1. The Labute approximate surface area is 195 Å². The molecule has 0 spiro atoms. The molecule has 0 saturated heterocycles. The number of esters is 1. The first-order chi connectivity index (χ1) is 15.3. The number of carbonyl (C=O) groups excluding carboxylic acids is 3. The summed E-state index contributed by atoms with van der Waals surface area (Å²) in [5.74, 6) is 1.08. The molecule has 0 unspecified atom stereocenters. The normalized spacial score (nSPS) is 23.8. The second-order valence-corrected chi connectivity index (χ2v) is 9.97. The molecule has 0 fully saturated rings. The standard InChI is InChI=1S/C24H36N2O5S/c1-16(2)13-20-23(28)26-21(24(29)30-4)15-32-12-6-5-11-31-19-9-7-18(8-10-19)14-17(3)22(27)25-20/h7-10,16-17,20-21H,5-6,11-15H2,1-4H3,(H,25,27)(H,26,28)/p+1/t17-,20-,21-/m0/s1. The monoisotopic (exact) mass is 465 g/mol. The fourth-order valence-corrected chi connectivity index (χ4v) is 4.64. The Morgan fingerprint density at radius 1 is 1.16 bits per heavy atom. The molecule has 2 aliphatic heterocycles. The number of methoxy groups -OCH3 is 1. The van der Waals surface area contributed by atoms with E-state index in [1.165, 1.54) is 7.11 Å². The molecule has 178 valence electrons. The van der Waals surface area contributed by atoms with Crippen molar-refractivity contribution in [3.8, 4) is 5.75 Å². The lowest BCUT2D eigenvalue weighted by molar-refractivity contribution is -0.144. The van der Waals surface area contributed by atoms with Gasteiger partial charge in [-0.15, -0.1) is 0 Å². The average molecular weight is 466 g/mol. The summed E-state index contributed by atoms with van der Waals surface area (Å²) in [7, 11) is 1.32. The Balaban J connectivity index is 2.19. The molecule has 8 heteroatoms. The fourth-order valence-electron chi connectivity index (χ4n) is 3.51. The lowest BCUT2D eigenvalue weighted by Gasteiger charge is -2.24. The van der Waals surface area contributed by atoms with Crippen molar-refractivity contribution in [3.63, 3.8) is 0 Å². The van der Waals surface area contributed by atoms with Gasteiger partial charge >= 0.3 is 5.97 Å². The van der Waals surface area contributed by atoms with Crippen LogP contribution in [0.25, 0.3) is 0 Å². The summed E-state index contributed by atoms with van der Waals surface area (Å²) in [6.45, 7) is 6.47. The van der Waals surface area contributed by atoms with Gasteiger partial charge in [-0.25, -0.2) is 4.79 Å². The van der Waals surface area contributed by atoms with E-state index in [2.05, 4.69) is 10.6 Å². The molecule has 2 N–H and O–H groups in total. The first kappa shape index (κ1) is 26.0. The maximum absolute atomic E-state index is 13.0. The van der Waals surface area contributed by atoms with Gasteiger partial charge in [0, 0.05) is 5.92 Å². The van der Waals surface area contributed by atoms with Gasteiger partial charge in [-0.2, -0.15) is 0 Å². The van der Waals surface area contributed by atoms with Gasteiger partial charge in [0.2, 0.25) is 11.8 Å². The number of benzene rings is 1. The zero-order valence-electron chi connectivity index (χ0n) is 19.6. The van der Waals surface area contributed by atoms with E-state index in [1.54, 1.807) is 0 Å². The second-order valence-electron chi connectivity index (χ2n) is 8.71. The van der Waals surface area contributed by atoms with Gasteiger partial charge in [-0.05, 0) is 61.1 Å². The van der Waals surface area contributed by atoms with Gasteiger partial charge in [0.05, 0.1) is 13.7 Å². The highest BCUT2D eigenvalue weighted by Crippen LogP contribution is 2.16. The number of thiol groups is 1. The van der Waals surface area contributed by atoms with Crippen LogP contribution >= 0.6 is 0 Å². The average Bonchev–Trinajstić information content (AvgIpc) is 2.76. The zero-order chi connectivity index (χ0) is 23.5. The largest absolute Gasteiger partial charge is 0.494 e. The summed E-state index contributed by atoms with van der Waals surface area (Å²) in [6, 6.07) is 6.39. The number of ether oxygens (including phenoxy) is 2. The molecule has 0 aliphatic carbocycles. The molecule has 0 aromatic heterocycles.